The lowest BCUT2D eigenvalue weighted by molar-refractivity contribution is 0.0598. The summed E-state index contributed by atoms with van der Waals surface area (Å²) in [5.74, 6) is -0.113. The van der Waals surface area contributed by atoms with Crippen molar-refractivity contribution in [2.75, 3.05) is 7.11 Å². The van der Waals surface area contributed by atoms with Gasteiger partial charge in [0.05, 0.1) is 12.7 Å². The summed E-state index contributed by atoms with van der Waals surface area (Å²) in [7, 11) is 1.53. The van der Waals surface area contributed by atoms with Crippen molar-refractivity contribution in [1.82, 2.24) is 0 Å². The Morgan fingerprint density at radius 3 is 2.11 bits per heavy atom. The molecule has 2 nitrogen and oxygen atoms in total. The molecular formula is C26H28O2. The third kappa shape index (κ3) is 2.18. The Labute approximate surface area is 167 Å². The average molecular weight is 373 g/mol. The second-order valence-corrected chi connectivity index (χ2v) is 9.71. The van der Waals surface area contributed by atoms with Crippen LogP contribution in [0.2, 0.25) is 0 Å². The molecule has 1 atom stereocenters. The largest absolute Gasteiger partial charge is 0.465 e. The molecular weight excluding hydrogens is 344 g/mol. The van der Waals surface area contributed by atoms with Crippen LogP contribution in [-0.2, 0) is 56.1 Å². The van der Waals surface area contributed by atoms with Crippen LogP contribution >= 0.6 is 0 Å². The molecule has 2 aromatic rings. The molecule has 144 valence electrons. The highest BCUT2D eigenvalue weighted by Gasteiger charge is 2.45. The van der Waals surface area contributed by atoms with Crippen LogP contribution in [0.4, 0.5) is 0 Å². The Kier molecular flexibility index (Phi) is 3.44. The van der Waals surface area contributed by atoms with E-state index in [1.54, 1.807) is 27.8 Å². The predicted molar refractivity (Wildman–Crippen MR) is 110 cm³/mol. The zero-order valence-corrected chi connectivity index (χ0v) is 17.0. The lowest BCUT2D eigenvalue weighted by atomic mass is 9.81. The fraction of sp³-hybridized carbons (Fsp3) is 0.500. The van der Waals surface area contributed by atoms with Crippen LogP contribution in [0.3, 0.4) is 0 Å². The number of methoxy groups -OCH3 is 1. The minimum absolute atomic E-state index is 0.113. The summed E-state index contributed by atoms with van der Waals surface area (Å²) in [5, 5.41) is 0. The molecule has 0 heterocycles. The van der Waals surface area contributed by atoms with E-state index in [1.807, 2.05) is 0 Å². The van der Waals surface area contributed by atoms with E-state index in [4.69, 9.17) is 4.74 Å². The number of rotatable bonds is 1. The topological polar surface area (TPSA) is 26.3 Å². The van der Waals surface area contributed by atoms with Gasteiger partial charge in [0.15, 0.2) is 0 Å². The van der Waals surface area contributed by atoms with E-state index < -0.39 is 0 Å². The zero-order chi connectivity index (χ0) is 19.0. The van der Waals surface area contributed by atoms with Gasteiger partial charge >= 0.3 is 5.97 Å². The maximum atomic E-state index is 12.7. The summed E-state index contributed by atoms with van der Waals surface area (Å²) in [6.07, 6.45) is 11.7. The molecule has 0 N–H and O–H groups in total. The van der Waals surface area contributed by atoms with Gasteiger partial charge in [0, 0.05) is 0 Å². The van der Waals surface area contributed by atoms with Gasteiger partial charge in [-0.1, -0.05) is 12.1 Å². The molecule has 1 unspecified atom stereocenters. The van der Waals surface area contributed by atoms with Crippen molar-refractivity contribution in [1.29, 1.82) is 0 Å². The number of ether oxygens (including phenoxy) is 1. The first kappa shape index (κ1) is 16.8. The number of hydrogen-bond acceptors (Lipinski definition) is 2. The minimum atomic E-state index is -0.113. The number of benzene rings is 2. The van der Waals surface area contributed by atoms with Gasteiger partial charge in [-0.05, 0) is 127 Å². The number of hydrogen-bond donors (Lipinski definition) is 0. The standard InChI is InChI=1S/C26H28O2/c1-15-20-7-3-5-16(20)9-18-11-26(13-22(15)18)12-19-10-17-6-4-8-21(17)24(23(19)14-26)25(27)28-2/h9-10H,3-8,11-14H2,1-2H3. The summed E-state index contributed by atoms with van der Waals surface area (Å²) in [4.78, 5) is 12.7. The first-order valence-corrected chi connectivity index (χ1v) is 11.0. The summed E-state index contributed by atoms with van der Waals surface area (Å²) < 4.78 is 5.23. The average Bonchev–Trinajstić information content (AvgIpc) is 3.44. The van der Waals surface area contributed by atoms with Crippen molar-refractivity contribution < 1.29 is 9.53 Å². The minimum Gasteiger partial charge on any atom is -0.465 e. The molecule has 0 saturated carbocycles. The van der Waals surface area contributed by atoms with Crippen LogP contribution in [0.25, 0.3) is 0 Å². The smallest absolute Gasteiger partial charge is 0.338 e. The first-order valence-electron chi connectivity index (χ1n) is 11.0. The van der Waals surface area contributed by atoms with Crippen molar-refractivity contribution in [2.45, 2.75) is 71.1 Å². The van der Waals surface area contributed by atoms with Crippen molar-refractivity contribution in [3.63, 3.8) is 0 Å². The fourth-order valence-electron chi connectivity index (χ4n) is 6.97. The monoisotopic (exact) mass is 372 g/mol. The van der Waals surface area contributed by atoms with Gasteiger partial charge in [0.1, 0.15) is 0 Å². The van der Waals surface area contributed by atoms with E-state index >= 15 is 0 Å². The van der Waals surface area contributed by atoms with Crippen LogP contribution in [0.1, 0.15) is 73.3 Å². The number of carbonyl (C=O) groups is 1. The molecule has 6 rings (SSSR count). The molecule has 4 aliphatic rings. The third-order valence-electron chi connectivity index (χ3n) is 8.13. The van der Waals surface area contributed by atoms with E-state index in [0.29, 0.717) is 0 Å². The van der Waals surface area contributed by atoms with Gasteiger partial charge in [-0.3, -0.25) is 0 Å². The van der Waals surface area contributed by atoms with Crippen molar-refractivity contribution in [2.24, 2.45) is 5.41 Å². The lowest BCUT2D eigenvalue weighted by Gasteiger charge is -2.22. The first-order chi connectivity index (χ1) is 13.6. The molecule has 4 aliphatic carbocycles. The highest BCUT2D eigenvalue weighted by atomic mass is 16.5. The summed E-state index contributed by atoms with van der Waals surface area (Å²) in [6, 6.07) is 4.97. The van der Waals surface area contributed by atoms with Crippen LogP contribution in [0.5, 0.6) is 0 Å². The van der Waals surface area contributed by atoms with Crippen LogP contribution < -0.4 is 0 Å². The Bertz CT molecular complexity index is 1050. The van der Waals surface area contributed by atoms with Crippen LogP contribution in [0, 0.1) is 12.3 Å². The third-order valence-corrected chi connectivity index (χ3v) is 8.13. The summed E-state index contributed by atoms with van der Waals surface area (Å²) in [5.41, 5.74) is 14.7. The number of carbonyl (C=O) groups excluding carboxylic acids is 1. The maximum Gasteiger partial charge on any atom is 0.338 e. The zero-order valence-electron chi connectivity index (χ0n) is 17.0. The van der Waals surface area contributed by atoms with Crippen molar-refractivity contribution in [3.8, 4) is 0 Å². The Morgan fingerprint density at radius 1 is 0.786 bits per heavy atom. The van der Waals surface area contributed by atoms with Gasteiger partial charge in [-0.25, -0.2) is 4.79 Å². The molecule has 28 heavy (non-hydrogen) atoms. The molecule has 0 bridgehead atoms. The van der Waals surface area contributed by atoms with Crippen molar-refractivity contribution >= 4 is 5.97 Å². The Hall–Kier alpha value is -2.09. The lowest BCUT2D eigenvalue weighted by Crippen LogP contribution is -2.22. The molecule has 0 fully saturated rings. The molecule has 0 saturated heterocycles. The predicted octanol–water partition coefficient (Wildman–Crippen LogP) is 4.64. The SMILES string of the molecule is COC(=O)c1c2c(cc3c1CC1(Cc4cc5c(c(C)c4C1)CCC5)C3)CCC2. The van der Waals surface area contributed by atoms with E-state index in [-0.39, 0.29) is 11.4 Å². The number of esters is 1. The van der Waals surface area contributed by atoms with Crippen molar-refractivity contribution in [3.05, 3.63) is 67.8 Å². The molecule has 0 amide bonds. The maximum absolute atomic E-state index is 12.7. The second kappa shape index (κ2) is 5.72. The number of fused-ring (bicyclic) bond motifs is 4. The summed E-state index contributed by atoms with van der Waals surface area (Å²) >= 11 is 0. The van der Waals surface area contributed by atoms with E-state index in [9.17, 15) is 4.79 Å². The Balaban J connectivity index is 1.43. The highest BCUT2D eigenvalue weighted by molar-refractivity contribution is 5.94. The van der Waals surface area contributed by atoms with Gasteiger partial charge < -0.3 is 4.74 Å². The molecule has 0 radical (unpaired) electrons. The summed E-state index contributed by atoms with van der Waals surface area (Å²) in [6.45, 7) is 2.36. The van der Waals surface area contributed by atoms with E-state index in [2.05, 4.69) is 19.1 Å². The normalized spacial score (nSPS) is 23.6. The molecule has 0 aliphatic heterocycles. The van der Waals surface area contributed by atoms with Crippen LogP contribution in [0.15, 0.2) is 12.1 Å². The molecule has 2 heteroatoms. The van der Waals surface area contributed by atoms with E-state index in [1.165, 1.54) is 67.9 Å². The number of aryl methyl sites for hydroxylation is 2. The van der Waals surface area contributed by atoms with Gasteiger partial charge in [0.2, 0.25) is 0 Å². The second-order valence-electron chi connectivity index (χ2n) is 9.71. The van der Waals surface area contributed by atoms with E-state index in [0.717, 1.165) is 31.2 Å². The van der Waals surface area contributed by atoms with Gasteiger partial charge in [-0.15, -0.1) is 0 Å². The van der Waals surface area contributed by atoms with Gasteiger partial charge in [0.25, 0.3) is 0 Å². The highest BCUT2D eigenvalue weighted by Crippen LogP contribution is 2.51. The molecule has 1 spiro atoms. The molecule has 0 aromatic heterocycles. The molecule has 2 aromatic carbocycles. The Morgan fingerprint density at radius 2 is 1.39 bits per heavy atom. The van der Waals surface area contributed by atoms with Crippen LogP contribution in [-0.4, -0.2) is 13.1 Å². The van der Waals surface area contributed by atoms with Gasteiger partial charge in [-0.2, -0.15) is 0 Å². The quantitative estimate of drug-likeness (QED) is 0.682. The fourth-order valence-corrected chi connectivity index (χ4v) is 6.97.